The Labute approximate surface area is 121 Å². The van der Waals surface area contributed by atoms with Crippen LogP contribution in [-0.4, -0.2) is 16.6 Å². The minimum Gasteiger partial charge on any atom is -0.374 e. The average Bonchev–Trinajstić information content (AvgIpc) is 2.89. The molecule has 2 aromatic heterocycles. The molecular weight excluding hydrogens is 282 g/mol. The van der Waals surface area contributed by atoms with E-state index in [4.69, 9.17) is 16.3 Å². The summed E-state index contributed by atoms with van der Waals surface area (Å²) < 4.78 is 5.30. The van der Waals surface area contributed by atoms with Crippen LogP contribution in [0.3, 0.4) is 0 Å². The number of thiophene rings is 1. The van der Waals surface area contributed by atoms with Crippen LogP contribution in [-0.2, 0) is 11.3 Å². The van der Waals surface area contributed by atoms with E-state index < -0.39 is 0 Å². The molecule has 2 aromatic rings. The van der Waals surface area contributed by atoms with Gasteiger partial charge < -0.3 is 10.1 Å². The lowest BCUT2D eigenvalue weighted by molar-refractivity contribution is 0.128. The monoisotopic (exact) mass is 297 g/mol. The third-order valence-electron chi connectivity index (χ3n) is 2.58. The van der Waals surface area contributed by atoms with Gasteiger partial charge in [-0.1, -0.05) is 11.6 Å². The number of halogens is 1. The van der Waals surface area contributed by atoms with Crippen LogP contribution in [0.4, 0.5) is 5.82 Å². The molecule has 2 rings (SSSR count). The minimum absolute atomic E-state index is 0.178. The van der Waals surface area contributed by atoms with Crippen molar-refractivity contribution in [2.75, 3.05) is 11.9 Å². The first-order valence-electron chi connectivity index (χ1n) is 6.09. The Bertz CT molecular complexity index is 519. The molecule has 0 saturated carbocycles. The number of aromatic nitrogens is 2. The fourth-order valence-electron chi connectivity index (χ4n) is 1.62. The summed E-state index contributed by atoms with van der Waals surface area (Å²) in [4.78, 5) is 8.53. The van der Waals surface area contributed by atoms with E-state index in [1.807, 2.05) is 6.92 Å². The minimum atomic E-state index is 0.178. The van der Waals surface area contributed by atoms with Gasteiger partial charge in [-0.2, -0.15) is 11.3 Å². The summed E-state index contributed by atoms with van der Waals surface area (Å²) >= 11 is 7.67. The van der Waals surface area contributed by atoms with Crippen LogP contribution in [0.25, 0.3) is 0 Å². The van der Waals surface area contributed by atoms with Gasteiger partial charge in [0, 0.05) is 12.7 Å². The highest BCUT2D eigenvalue weighted by atomic mass is 35.5. The maximum Gasteiger partial charge on any atom is 0.158 e. The number of nitrogens with zero attached hydrogens (tertiary/aromatic N) is 2. The van der Waals surface area contributed by atoms with Crippen LogP contribution in [0.1, 0.15) is 31.3 Å². The molecule has 0 radical (unpaired) electrons. The Morgan fingerprint density at radius 2 is 2.32 bits per heavy atom. The van der Waals surface area contributed by atoms with Gasteiger partial charge in [-0.05, 0) is 36.2 Å². The molecule has 1 atom stereocenters. The molecule has 0 aliphatic rings. The fourth-order valence-corrected chi connectivity index (χ4v) is 2.58. The van der Waals surface area contributed by atoms with Crippen molar-refractivity contribution < 1.29 is 4.74 Å². The molecule has 2 heterocycles. The third-order valence-corrected chi connectivity index (χ3v) is 3.48. The second kappa shape index (κ2) is 6.84. The molecule has 0 saturated heterocycles. The average molecular weight is 298 g/mol. The van der Waals surface area contributed by atoms with E-state index >= 15 is 0 Å². The lowest BCUT2D eigenvalue weighted by Crippen LogP contribution is -2.09. The van der Waals surface area contributed by atoms with Crippen molar-refractivity contribution in [1.82, 2.24) is 9.97 Å². The van der Waals surface area contributed by atoms with Crippen molar-refractivity contribution in [3.63, 3.8) is 0 Å². The zero-order chi connectivity index (χ0) is 13.7. The number of hydrogen-bond donors (Lipinski definition) is 1. The topological polar surface area (TPSA) is 47.0 Å². The summed E-state index contributed by atoms with van der Waals surface area (Å²) in [5, 5.41) is 7.91. The SMILES string of the molecule is CCOCc1nc(Cl)cc(NC(C)c2ccsc2)n1. The lowest BCUT2D eigenvalue weighted by atomic mass is 10.2. The zero-order valence-corrected chi connectivity index (χ0v) is 12.5. The van der Waals surface area contributed by atoms with E-state index in [9.17, 15) is 0 Å². The number of ether oxygens (including phenoxy) is 1. The van der Waals surface area contributed by atoms with E-state index in [2.05, 4.69) is 39.0 Å². The Morgan fingerprint density at radius 1 is 1.47 bits per heavy atom. The second-order valence-corrected chi connectivity index (χ2v) is 5.22. The summed E-state index contributed by atoms with van der Waals surface area (Å²) in [6.45, 7) is 5.02. The molecule has 102 valence electrons. The summed E-state index contributed by atoms with van der Waals surface area (Å²) in [6, 6.07) is 3.99. The second-order valence-electron chi connectivity index (χ2n) is 4.05. The van der Waals surface area contributed by atoms with Crippen molar-refractivity contribution in [3.8, 4) is 0 Å². The molecule has 0 aliphatic heterocycles. The molecule has 0 spiro atoms. The quantitative estimate of drug-likeness (QED) is 0.822. The predicted molar refractivity (Wildman–Crippen MR) is 78.7 cm³/mol. The Kier molecular flexibility index (Phi) is 5.13. The van der Waals surface area contributed by atoms with Crippen LogP contribution >= 0.6 is 22.9 Å². The van der Waals surface area contributed by atoms with Gasteiger partial charge in [-0.3, -0.25) is 0 Å². The van der Waals surface area contributed by atoms with Crippen LogP contribution in [0, 0.1) is 0 Å². The molecule has 0 aromatic carbocycles. The van der Waals surface area contributed by atoms with Crippen molar-refractivity contribution in [2.24, 2.45) is 0 Å². The van der Waals surface area contributed by atoms with Crippen LogP contribution < -0.4 is 5.32 Å². The summed E-state index contributed by atoms with van der Waals surface area (Å²) in [5.41, 5.74) is 1.23. The summed E-state index contributed by atoms with van der Waals surface area (Å²) in [6.07, 6.45) is 0. The molecule has 19 heavy (non-hydrogen) atoms. The molecule has 1 N–H and O–H groups in total. The van der Waals surface area contributed by atoms with Gasteiger partial charge in [0.05, 0.1) is 6.04 Å². The highest BCUT2D eigenvalue weighted by Crippen LogP contribution is 2.21. The van der Waals surface area contributed by atoms with Gasteiger partial charge in [0.25, 0.3) is 0 Å². The molecule has 4 nitrogen and oxygen atoms in total. The number of nitrogens with one attached hydrogen (secondary N) is 1. The van der Waals surface area contributed by atoms with E-state index in [1.54, 1.807) is 17.4 Å². The van der Waals surface area contributed by atoms with Crippen molar-refractivity contribution in [1.29, 1.82) is 0 Å². The molecule has 6 heteroatoms. The van der Waals surface area contributed by atoms with Gasteiger partial charge in [0.15, 0.2) is 5.82 Å². The Morgan fingerprint density at radius 3 is 3.00 bits per heavy atom. The predicted octanol–water partition coefficient (Wildman–Crippen LogP) is 3.90. The van der Waals surface area contributed by atoms with E-state index in [1.165, 1.54) is 5.56 Å². The summed E-state index contributed by atoms with van der Waals surface area (Å²) in [5.74, 6) is 1.31. The van der Waals surface area contributed by atoms with Crippen molar-refractivity contribution >= 4 is 28.8 Å². The zero-order valence-electron chi connectivity index (χ0n) is 10.9. The first-order valence-corrected chi connectivity index (χ1v) is 7.41. The first-order chi connectivity index (χ1) is 9.19. The van der Waals surface area contributed by atoms with Gasteiger partial charge >= 0.3 is 0 Å². The van der Waals surface area contributed by atoms with Crippen molar-refractivity contribution in [2.45, 2.75) is 26.5 Å². The highest BCUT2D eigenvalue weighted by molar-refractivity contribution is 7.07. The van der Waals surface area contributed by atoms with E-state index in [-0.39, 0.29) is 6.04 Å². The maximum atomic E-state index is 5.99. The molecular formula is C13H16ClN3OS. The largest absolute Gasteiger partial charge is 0.374 e. The van der Waals surface area contributed by atoms with Crippen molar-refractivity contribution in [3.05, 3.63) is 39.4 Å². The number of hydrogen-bond acceptors (Lipinski definition) is 5. The Hall–Kier alpha value is -1.17. The van der Waals surface area contributed by atoms with Gasteiger partial charge in [0.2, 0.25) is 0 Å². The van der Waals surface area contributed by atoms with Crippen LogP contribution in [0.5, 0.6) is 0 Å². The van der Waals surface area contributed by atoms with Crippen LogP contribution in [0.15, 0.2) is 22.9 Å². The standard InChI is InChI=1S/C13H16ClN3OS/c1-3-18-7-13-16-11(14)6-12(17-13)15-9(2)10-4-5-19-8-10/h4-6,8-9H,3,7H2,1-2H3,(H,15,16,17). The first kappa shape index (κ1) is 14.2. The Balaban J connectivity index is 2.09. The lowest BCUT2D eigenvalue weighted by Gasteiger charge is -2.14. The normalized spacial score (nSPS) is 12.4. The van der Waals surface area contributed by atoms with Gasteiger partial charge in [-0.25, -0.2) is 9.97 Å². The molecule has 0 amide bonds. The van der Waals surface area contributed by atoms with Gasteiger partial charge in [-0.15, -0.1) is 0 Å². The number of anilines is 1. The highest BCUT2D eigenvalue weighted by Gasteiger charge is 2.09. The molecule has 0 fully saturated rings. The summed E-state index contributed by atoms with van der Waals surface area (Å²) in [7, 11) is 0. The number of rotatable bonds is 6. The van der Waals surface area contributed by atoms with Crippen LogP contribution in [0.2, 0.25) is 5.15 Å². The maximum absolute atomic E-state index is 5.99. The third kappa shape index (κ3) is 4.16. The van der Waals surface area contributed by atoms with E-state index in [0.29, 0.717) is 30.0 Å². The molecule has 0 bridgehead atoms. The van der Waals surface area contributed by atoms with E-state index in [0.717, 1.165) is 0 Å². The smallest absolute Gasteiger partial charge is 0.158 e. The molecule has 1 unspecified atom stereocenters. The fraction of sp³-hybridized carbons (Fsp3) is 0.385. The van der Waals surface area contributed by atoms with Gasteiger partial charge in [0.1, 0.15) is 17.6 Å². The molecule has 0 aliphatic carbocycles.